The second kappa shape index (κ2) is 3.09. The van der Waals surface area contributed by atoms with Crippen molar-refractivity contribution in [3.05, 3.63) is 30.3 Å². The summed E-state index contributed by atoms with van der Waals surface area (Å²) >= 11 is 3.83. The molecule has 3 heteroatoms. The molecule has 1 aromatic carbocycles. The lowest BCUT2D eigenvalue weighted by atomic mass is 10.4. The van der Waals surface area contributed by atoms with Gasteiger partial charge < -0.3 is 4.57 Å². The van der Waals surface area contributed by atoms with Crippen molar-refractivity contribution in [3.8, 4) is 0 Å². The molecule has 1 unspecified atom stereocenters. The lowest BCUT2D eigenvalue weighted by Gasteiger charge is -1.90. The Hall–Kier alpha value is -0.200. The minimum atomic E-state index is -1.77. The monoisotopic (exact) mass is 158 g/mol. The molecule has 0 aliphatic heterocycles. The zero-order chi connectivity index (χ0) is 6.69. The van der Waals surface area contributed by atoms with Gasteiger partial charge in [0.15, 0.2) is 7.00 Å². The fourth-order valence-corrected chi connectivity index (χ4v) is 1.51. The van der Waals surface area contributed by atoms with Gasteiger partial charge in [0.2, 0.25) is 0 Å². The Morgan fingerprint density at radius 3 is 2.11 bits per heavy atom. The van der Waals surface area contributed by atoms with Gasteiger partial charge in [-0.3, -0.25) is 0 Å². The highest BCUT2D eigenvalue weighted by atomic mass is 32.7. The van der Waals surface area contributed by atoms with Crippen molar-refractivity contribution in [2.75, 3.05) is 0 Å². The summed E-state index contributed by atoms with van der Waals surface area (Å²) in [7, 11) is -1.77. The SMILES string of the molecule is O=[PH](S)c1ccccc1. The van der Waals surface area contributed by atoms with Gasteiger partial charge in [0, 0.05) is 5.30 Å². The Bertz CT molecular complexity index is 210. The van der Waals surface area contributed by atoms with Crippen molar-refractivity contribution in [1.29, 1.82) is 0 Å². The standard InChI is InChI=1S/C6H7OPS/c7-8(9)6-4-2-1-3-5-6/h1-5,8H,(H,7,9). The largest absolute Gasteiger partial charge is 0.311 e. The van der Waals surface area contributed by atoms with E-state index < -0.39 is 7.00 Å². The van der Waals surface area contributed by atoms with E-state index >= 15 is 0 Å². The van der Waals surface area contributed by atoms with E-state index in [1.807, 2.05) is 30.3 Å². The second-order valence-corrected chi connectivity index (χ2v) is 4.08. The molecule has 48 valence electrons. The van der Waals surface area contributed by atoms with Crippen molar-refractivity contribution in [2.24, 2.45) is 0 Å². The van der Waals surface area contributed by atoms with Crippen molar-refractivity contribution >= 4 is 24.6 Å². The summed E-state index contributed by atoms with van der Waals surface area (Å²) in [5, 5.41) is 0.825. The molecular formula is C6H7OPS. The first-order valence-electron chi connectivity index (χ1n) is 2.59. The summed E-state index contributed by atoms with van der Waals surface area (Å²) in [6.07, 6.45) is 0. The third kappa shape index (κ3) is 1.88. The molecule has 0 fully saturated rings. The molecule has 0 aliphatic carbocycles. The molecule has 1 nitrogen and oxygen atoms in total. The molecule has 0 amide bonds. The van der Waals surface area contributed by atoms with E-state index in [9.17, 15) is 4.57 Å². The summed E-state index contributed by atoms with van der Waals surface area (Å²) in [4.78, 5) is 0. The number of benzene rings is 1. The van der Waals surface area contributed by atoms with Gasteiger partial charge in [-0.25, -0.2) is 0 Å². The zero-order valence-electron chi connectivity index (χ0n) is 4.74. The van der Waals surface area contributed by atoms with Gasteiger partial charge >= 0.3 is 0 Å². The molecule has 0 saturated carbocycles. The van der Waals surface area contributed by atoms with Crippen LogP contribution < -0.4 is 5.30 Å². The third-order valence-corrected chi connectivity index (χ3v) is 2.62. The normalized spacial score (nSPS) is 13.0. The van der Waals surface area contributed by atoms with Crippen molar-refractivity contribution in [2.45, 2.75) is 0 Å². The quantitative estimate of drug-likeness (QED) is 0.486. The maximum absolute atomic E-state index is 10.7. The zero-order valence-corrected chi connectivity index (χ0v) is 6.64. The predicted molar refractivity (Wildman–Crippen MR) is 44.1 cm³/mol. The molecule has 0 saturated heterocycles. The molecule has 1 rings (SSSR count). The topological polar surface area (TPSA) is 17.1 Å². The highest BCUT2D eigenvalue weighted by molar-refractivity contribution is 8.43. The second-order valence-electron chi connectivity index (χ2n) is 1.67. The molecule has 0 aromatic heterocycles. The number of thiol groups is 1. The fourth-order valence-electron chi connectivity index (χ4n) is 0.581. The van der Waals surface area contributed by atoms with Gasteiger partial charge in [-0.2, -0.15) is 0 Å². The highest BCUT2D eigenvalue weighted by Crippen LogP contribution is 2.23. The Kier molecular flexibility index (Phi) is 2.38. The van der Waals surface area contributed by atoms with Crippen LogP contribution in [0.2, 0.25) is 0 Å². The smallest absolute Gasteiger partial charge is 0.152 e. The average molecular weight is 158 g/mol. The van der Waals surface area contributed by atoms with Crippen LogP contribution >= 0.6 is 19.3 Å². The number of rotatable bonds is 1. The van der Waals surface area contributed by atoms with E-state index in [1.54, 1.807) is 0 Å². The molecule has 1 atom stereocenters. The molecule has 0 heterocycles. The molecule has 0 bridgehead atoms. The van der Waals surface area contributed by atoms with Crippen LogP contribution in [-0.2, 0) is 4.57 Å². The Balaban J connectivity index is 2.98. The van der Waals surface area contributed by atoms with Crippen molar-refractivity contribution in [1.82, 2.24) is 0 Å². The van der Waals surface area contributed by atoms with Gasteiger partial charge in [-0.05, 0) is 0 Å². The summed E-state index contributed by atoms with van der Waals surface area (Å²) in [6.45, 7) is 0. The van der Waals surface area contributed by atoms with Crippen molar-refractivity contribution in [3.63, 3.8) is 0 Å². The maximum atomic E-state index is 10.7. The van der Waals surface area contributed by atoms with Crippen LogP contribution in [-0.4, -0.2) is 0 Å². The molecule has 0 aliphatic rings. The summed E-state index contributed by atoms with van der Waals surface area (Å²) in [5.74, 6) is 0. The first-order chi connectivity index (χ1) is 4.30. The van der Waals surface area contributed by atoms with Crippen LogP contribution in [0.3, 0.4) is 0 Å². The molecule has 0 spiro atoms. The van der Waals surface area contributed by atoms with Gasteiger partial charge in [-0.15, -0.1) is 12.2 Å². The van der Waals surface area contributed by atoms with Crippen LogP contribution in [0.25, 0.3) is 0 Å². The molecule has 0 radical (unpaired) electrons. The van der Waals surface area contributed by atoms with E-state index in [-0.39, 0.29) is 0 Å². The van der Waals surface area contributed by atoms with Gasteiger partial charge in [0.05, 0.1) is 0 Å². The van der Waals surface area contributed by atoms with Crippen LogP contribution in [0.4, 0.5) is 0 Å². The summed E-state index contributed by atoms with van der Waals surface area (Å²) in [5.41, 5.74) is 0. The number of hydrogen-bond donors (Lipinski definition) is 1. The Labute approximate surface area is 60.0 Å². The third-order valence-electron chi connectivity index (χ3n) is 1.02. The fraction of sp³-hybridized carbons (Fsp3) is 0. The summed E-state index contributed by atoms with van der Waals surface area (Å²) in [6, 6.07) is 9.23. The minimum absolute atomic E-state index is 0.825. The van der Waals surface area contributed by atoms with E-state index in [0.29, 0.717) is 0 Å². The van der Waals surface area contributed by atoms with Gasteiger partial charge in [-0.1, -0.05) is 30.3 Å². The Morgan fingerprint density at radius 2 is 1.78 bits per heavy atom. The number of hydrogen-bond acceptors (Lipinski definition) is 1. The van der Waals surface area contributed by atoms with Gasteiger partial charge in [0.1, 0.15) is 0 Å². The van der Waals surface area contributed by atoms with Crippen molar-refractivity contribution < 1.29 is 4.57 Å². The van der Waals surface area contributed by atoms with Crippen LogP contribution in [0.5, 0.6) is 0 Å². The van der Waals surface area contributed by atoms with Crippen LogP contribution in [0.1, 0.15) is 0 Å². The van der Waals surface area contributed by atoms with Crippen LogP contribution in [0.15, 0.2) is 30.3 Å². The molecule has 9 heavy (non-hydrogen) atoms. The summed E-state index contributed by atoms with van der Waals surface area (Å²) < 4.78 is 10.7. The van der Waals surface area contributed by atoms with E-state index in [2.05, 4.69) is 12.2 Å². The highest BCUT2D eigenvalue weighted by Gasteiger charge is 1.91. The molecule has 0 N–H and O–H groups in total. The van der Waals surface area contributed by atoms with E-state index in [0.717, 1.165) is 5.30 Å². The molecule has 1 aromatic rings. The van der Waals surface area contributed by atoms with E-state index in [1.165, 1.54) is 0 Å². The van der Waals surface area contributed by atoms with Gasteiger partial charge in [0.25, 0.3) is 0 Å². The molecular weight excluding hydrogens is 151 g/mol. The lowest BCUT2D eigenvalue weighted by molar-refractivity contribution is 0.601. The minimum Gasteiger partial charge on any atom is -0.311 e. The first kappa shape index (κ1) is 6.91. The van der Waals surface area contributed by atoms with E-state index in [4.69, 9.17) is 0 Å². The maximum Gasteiger partial charge on any atom is 0.152 e. The van der Waals surface area contributed by atoms with Crippen LogP contribution in [0, 0.1) is 0 Å². The first-order valence-corrected chi connectivity index (χ1v) is 5.29. The lowest BCUT2D eigenvalue weighted by Crippen LogP contribution is -1.88. The average Bonchev–Trinajstić information content (AvgIpc) is 1.90. The Morgan fingerprint density at radius 1 is 1.22 bits per heavy atom. The predicted octanol–water partition coefficient (Wildman–Crippen LogP) is 1.72.